The first-order chi connectivity index (χ1) is 41.3. The zero-order chi connectivity index (χ0) is 55.6. The number of fused-ring (bicyclic) bond motifs is 12. The summed E-state index contributed by atoms with van der Waals surface area (Å²) >= 11 is 3.77. The van der Waals surface area contributed by atoms with Crippen LogP contribution in [0, 0.1) is 0 Å². The third-order valence-electron chi connectivity index (χ3n) is 18.0. The van der Waals surface area contributed by atoms with Crippen molar-refractivity contribution >= 4 is 185 Å². The van der Waals surface area contributed by atoms with E-state index in [1.54, 1.807) is 0 Å². The molecule has 0 N–H and O–H groups in total. The molecule has 0 amide bonds. The fourth-order valence-electron chi connectivity index (χ4n) is 14.3. The van der Waals surface area contributed by atoms with E-state index in [0.29, 0.717) is 0 Å². The molecule has 12 aromatic carbocycles. The topological polar surface area (TPSA) is 38.7 Å². The third kappa shape index (κ3) is 6.77. The highest BCUT2D eigenvalue weighted by Gasteiger charge is 2.37. The fraction of sp³-hybridized carbons (Fsp3) is 0.0789. The molecule has 0 unspecified atom stereocenters. The Morgan fingerprint density at radius 1 is 0.286 bits per heavy atom. The van der Waals surface area contributed by atoms with E-state index in [0.717, 1.165) is 56.9 Å². The van der Waals surface area contributed by atoms with E-state index in [1.165, 1.54) is 117 Å². The summed E-state index contributed by atoms with van der Waals surface area (Å²) in [4.78, 5) is 19.5. The van der Waals surface area contributed by atoms with Crippen LogP contribution in [0.4, 0.5) is 68.2 Å². The van der Waals surface area contributed by atoms with Gasteiger partial charge in [-0.05, 0) is 175 Å². The molecule has 6 nitrogen and oxygen atoms in total. The van der Waals surface area contributed by atoms with E-state index in [9.17, 15) is 0 Å². The monoisotopic (exact) mass is 1110 g/mol. The maximum absolute atomic E-state index is 4.71. The van der Waals surface area contributed by atoms with Gasteiger partial charge in [-0.15, -0.1) is 22.7 Å². The summed E-state index contributed by atoms with van der Waals surface area (Å²) in [5.41, 5.74) is 16.0. The predicted octanol–water partition coefficient (Wildman–Crippen LogP) is 23.2. The highest BCUT2D eigenvalue weighted by Crippen LogP contribution is 2.61. The molecule has 0 bridgehead atoms. The lowest BCUT2D eigenvalue weighted by molar-refractivity contribution is 0.875. The minimum Gasteiger partial charge on any atom is -0.306 e. The van der Waals surface area contributed by atoms with Gasteiger partial charge in [0.25, 0.3) is 0 Å². The number of para-hydroxylation sites is 4. The van der Waals surface area contributed by atoms with Crippen LogP contribution in [0.5, 0.6) is 0 Å². The molecule has 16 aromatic rings. The first kappa shape index (κ1) is 47.7. The van der Waals surface area contributed by atoms with Crippen molar-refractivity contribution in [2.24, 2.45) is 0 Å². The molecule has 2 aliphatic heterocycles. The Balaban J connectivity index is 0.927. The minimum absolute atomic E-state index is 0.216. The summed E-state index contributed by atoms with van der Waals surface area (Å²) in [5.74, 6) is 0.432. The normalized spacial score (nSPS) is 13.4. The summed E-state index contributed by atoms with van der Waals surface area (Å²) in [6.45, 7) is 9.47. The van der Waals surface area contributed by atoms with E-state index in [-0.39, 0.29) is 11.8 Å². The molecule has 8 heteroatoms. The first-order valence-corrected chi connectivity index (χ1v) is 30.7. The maximum atomic E-state index is 4.71. The Kier molecular flexibility index (Phi) is 10.1. The van der Waals surface area contributed by atoms with Crippen LogP contribution in [0.2, 0.25) is 0 Å². The second kappa shape index (κ2) is 17.8. The van der Waals surface area contributed by atoms with Crippen molar-refractivity contribution < 1.29 is 0 Å². The quantitative estimate of drug-likeness (QED) is 0.155. The maximum Gasteiger partial charge on any atom is 0.0718 e. The Hall–Kier alpha value is -9.86. The van der Waals surface area contributed by atoms with Gasteiger partial charge in [-0.1, -0.05) is 125 Å². The van der Waals surface area contributed by atoms with Crippen molar-refractivity contribution in [1.29, 1.82) is 0 Å². The van der Waals surface area contributed by atoms with Gasteiger partial charge in [0.2, 0.25) is 0 Å². The highest BCUT2D eigenvalue weighted by atomic mass is 32.1. The molecule has 0 saturated heterocycles. The van der Waals surface area contributed by atoms with Gasteiger partial charge in [-0.25, -0.2) is 0 Å². The lowest BCUT2D eigenvalue weighted by atomic mass is 9.82. The van der Waals surface area contributed by atoms with Crippen molar-refractivity contribution in [3.63, 3.8) is 0 Å². The lowest BCUT2D eigenvalue weighted by Crippen LogP contribution is -2.24. The average Bonchev–Trinajstić information content (AvgIpc) is 2.89. The predicted molar refractivity (Wildman–Crippen MR) is 361 cm³/mol. The molecule has 18 rings (SSSR count). The standard InChI is InChI=1S/C76H52N6S2/c1-43(2)53-33-49-25-28-64(82-62-24-12-10-22-60(62)80(52-20-14-30-78-42-52)66-38-58-56-32-46-16-6-8-18-48(46)36-70(56)84-72(58)40-68(66)82)76-54(44(3)4)34-50-26-27-63(75(53)73(50)74(49)76)81-61-23-11-9-21-59(61)79(51-19-13-29-77-41-51)65-37-57-55-31-45-15-5-7-17-47(45)35-69(55)83-71(57)39-67(65)81/h5-44H,1-4H3. The number of anilines is 12. The molecule has 0 saturated carbocycles. The molecule has 0 spiro atoms. The summed E-state index contributed by atoms with van der Waals surface area (Å²) in [6, 6.07) is 78.0. The molecular formula is C76H52N6S2. The van der Waals surface area contributed by atoms with Gasteiger partial charge in [0.05, 0.1) is 80.6 Å². The number of pyridine rings is 2. The number of rotatable bonds is 6. The minimum atomic E-state index is 0.216. The van der Waals surface area contributed by atoms with E-state index in [2.05, 4.69) is 241 Å². The zero-order valence-electron chi connectivity index (χ0n) is 46.6. The summed E-state index contributed by atoms with van der Waals surface area (Å²) in [5, 5.41) is 17.8. The third-order valence-corrected chi connectivity index (χ3v) is 20.2. The second-order valence-corrected chi connectivity index (χ2v) is 25.5. The molecular weight excluding hydrogens is 1060 g/mol. The van der Waals surface area contributed by atoms with Crippen LogP contribution in [-0.4, -0.2) is 9.97 Å². The van der Waals surface area contributed by atoms with Crippen LogP contribution in [0.3, 0.4) is 0 Å². The molecule has 2 aliphatic rings. The van der Waals surface area contributed by atoms with Gasteiger partial charge in [0.15, 0.2) is 0 Å². The zero-order valence-corrected chi connectivity index (χ0v) is 48.2. The SMILES string of the molecule is CC(C)c1cc2ccc(N3c4ccccc4N(c4cccnc4)c4cc5c(cc43)sc3cc4ccccc4cc35)c3c(C(C)C)cc4ccc(N5c6ccccc6N(c6cccnc6)c6cc7c(cc65)sc5cc6ccccc6cc57)c1c4c23. The molecule has 4 aromatic heterocycles. The first-order valence-electron chi connectivity index (χ1n) is 29.1. The van der Waals surface area contributed by atoms with Gasteiger partial charge in [0.1, 0.15) is 0 Å². The summed E-state index contributed by atoms with van der Waals surface area (Å²) in [6.07, 6.45) is 7.73. The van der Waals surface area contributed by atoms with Crippen LogP contribution in [0.25, 0.3) is 94.2 Å². The number of hydrogen-bond acceptors (Lipinski definition) is 8. The van der Waals surface area contributed by atoms with Crippen LogP contribution in [0.1, 0.15) is 50.7 Å². The number of aromatic nitrogens is 2. The number of thiophene rings is 2. The van der Waals surface area contributed by atoms with E-state index in [4.69, 9.17) is 9.97 Å². The highest BCUT2D eigenvalue weighted by molar-refractivity contribution is 7.26. The largest absolute Gasteiger partial charge is 0.306 e. The smallest absolute Gasteiger partial charge is 0.0718 e. The van der Waals surface area contributed by atoms with Crippen molar-refractivity contribution in [3.05, 3.63) is 242 Å². The molecule has 6 heterocycles. The number of hydrogen-bond donors (Lipinski definition) is 0. The van der Waals surface area contributed by atoms with Gasteiger partial charge in [-0.2, -0.15) is 0 Å². The van der Waals surface area contributed by atoms with Gasteiger partial charge in [0, 0.05) is 63.5 Å². The lowest BCUT2D eigenvalue weighted by Gasteiger charge is -2.41. The Morgan fingerprint density at radius 2 is 0.643 bits per heavy atom. The molecule has 0 atom stereocenters. The van der Waals surface area contributed by atoms with Crippen LogP contribution in [0.15, 0.2) is 231 Å². The summed E-state index contributed by atoms with van der Waals surface area (Å²) < 4.78 is 5.09. The van der Waals surface area contributed by atoms with E-state index in [1.807, 2.05) is 59.6 Å². The van der Waals surface area contributed by atoms with Gasteiger partial charge >= 0.3 is 0 Å². The van der Waals surface area contributed by atoms with Crippen molar-refractivity contribution in [3.8, 4) is 0 Å². The van der Waals surface area contributed by atoms with Crippen LogP contribution in [-0.2, 0) is 0 Å². The van der Waals surface area contributed by atoms with E-state index < -0.39 is 0 Å². The van der Waals surface area contributed by atoms with Gasteiger partial charge in [-0.3, -0.25) is 9.97 Å². The number of nitrogens with zero attached hydrogens (tertiary/aromatic N) is 6. The van der Waals surface area contributed by atoms with Crippen LogP contribution < -0.4 is 19.6 Å². The Morgan fingerprint density at radius 3 is 1.04 bits per heavy atom. The van der Waals surface area contributed by atoms with Crippen molar-refractivity contribution in [2.75, 3.05) is 19.6 Å². The molecule has 84 heavy (non-hydrogen) atoms. The number of benzene rings is 12. The molecule has 398 valence electrons. The van der Waals surface area contributed by atoms with Crippen molar-refractivity contribution in [1.82, 2.24) is 9.97 Å². The fourth-order valence-corrected chi connectivity index (χ4v) is 16.6. The molecule has 0 aliphatic carbocycles. The Labute approximate surface area is 493 Å². The van der Waals surface area contributed by atoms with Crippen molar-refractivity contribution in [2.45, 2.75) is 39.5 Å². The van der Waals surface area contributed by atoms with Gasteiger partial charge < -0.3 is 19.6 Å². The molecule has 0 fully saturated rings. The average molecular weight is 1110 g/mol. The Bertz CT molecular complexity index is 5100. The second-order valence-electron chi connectivity index (χ2n) is 23.4. The summed E-state index contributed by atoms with van der Waals surface area (Å²) in [7, 11) is 0. The van der Waals surface area contributed by atoms with Crippen LogP contribution >= 0.6 is 22.7 Å². The van der Waals surface area contributed by atoms with E-state index >= 15 is 0 Å². The molecule has 0 radical (unpaired) electrons.